The second-order valence-corrected chi connectivity index (χ2v) is 6.69. The Balaban J connectivity index is 1.45. The second kappa shape index (κ2) is 10.3. The summed E-state index contributed by atoms with van der Waals surface area (Å²) >= 11 is 0. The number of ether oxygens (including phenoxy) is 1. The highest BCUT2D eigenvalue weighted by Crippen LogP contribution is 2.11. The summed E-state index contributed by atoms with van der Waals surface area (Å²) in [6.45, 7) is 4.98. The molecule has 0 bridgehead atoms. The Kier molecular flexibility index (Phi) is 7.26. The van der Waals surface area contributed by atoms with Gasteiger partial charge in [-0.05, 0) is 59.0 Å². The van der Waals surface area contributed by atoms with E-state index in [0.29, 0.717) is 18.8 Å². The van der Waals surface area contributed by atoms with Gasteiger partial charge in [-0.2, -0.15) is 0 Å². The van der Waals surface area contributed by atoms with Crippen LogP contribution in [0.2, 0.25) is 0 Å². The van der Waals surface area contributed by atoms with Gasteiger partial charge in [0.05, 0.1) is 13.2 Å². The van der Waals surface area contributed by atoms with Crippen LogP contribution in [-0.2, 0) is 17.8 Å². The smallest absolute Gasteiger partial charge is 0.185 e. The molecule has 0 aromatic heterocycles. The van der Waals surface area contributed by atoms with Crippen molar-refractivity contribution in [3.05, 3.63) is 119 Å². The van der Waals surface area contributed by atoms with Crippen molar-refractivity contribution in [3.8, 4) is 0 Å². The number of carbonyl (C=O) groups is 1. The van der Waals surface area contributed by atoms with Gasteiger partial charge in [-0.3, -0.25) is 4.79 Å². The van der Waals surface area contributed by atoms with Crippen molar-refractivity contribution in [3.63, 3.8) is 0 Å². The minimum absolute atomic E-state index is 0.149. The number of ketones is 1. The Morgan fingerprint density at radius 3 is 2.14 bits per heavy atom. The first-order chi connectivity index (χ1) is 14.1. The first kappa shape index (κ1) is 20.4. The van der Waals surface area contributed by atoms with Crippen LogP contribution in [0.15, 0.2) is 85.5 Å². The lowest BCUT2D eigenvalue weighted by atomic mass is 10.1. The molecule has 0 unspecified atom stereocenters. The molecule has 0 atom stereocenters. The van der Waals surface area contributed by atoms with Gasteiger partial charge >= 0.3 is 0 Å². The average Bonchev–Trinajstić information content (AvgIpc) is 2.77. The Hall–Kier alpha value is -3.30. The first-order valence-electron chi connectivity index (χ1n) is 9.50. The third-order valence-corrected chi connectivity index (χ3v) is 4.55. The molecule has 0 aliphatic rings. The van der Waals surface area contributed by atoms with Crippen LogP contribution in [0, 0.1) is 5.82 Å². The second-order valence-electron chi connectivity index (χ2n) is 6.69. The topological polar surface area (TPSA) is 26.3 Å². The Labute approximate surface area is 171 Å². The molecule has 0 N–H and O–H groups in total. The molecule has 0 fully saturated rings. The predicted octanol–water partition coefficient (Wildman–Crippen LogP) is 6.12. The highest BCUT2D eigenvalue weighted by molar-refractivity contribution is 6.06. The molecular formula is C26H23FO2. The molecular weight excluding hydrogens is 363 g/mol. The van der Waals surface area contributed by atoms with Crippen molar-refractivity contribution in [2.75, 3.05) is 6.61 Å². The molecule has 0 aliphatic carbocycles. The van der Waals surface area contributed by atoms with Gasteiger partial charge in [0.2, 0.25) is 0 Å². The van der Waals surface area contributed by atoms with E-state index < -0.39 is 0 Å². The molecule has 0 saturated heterocycles. The number of rotatable bonds is 9. The van der Waals surface area contributed by atoms with Crippen molar-refractivity contribution in [1.29, 1.82) is 0 Å². The number of carbonyl (C=O) groups excluding carboxylic acids is 1. The van der Waals surface area contributed by atoms with Crippen molar-refractivity contribution in [2.45, 2.75) is 13.0 Å². The van der Waals surface area contributed by atoms with Gasteiger partial charge in [0, 0.05) is 5.56 Å². The minimum atomic E-state index is -0.351. The van der Waals surface area contributed by atoms with Crippen molar-refractivity contribution in [1.82, 2.24) is 0 Å². The van der Waals surface area contributed by atoms with E-state index in [1.165, 1.54) is 35.9 Å². The number of benzene rings is 3. The molecule has 0 spiro atoms. The van der Waals surface area contributed by atoms with Crippen LogP contribution in [-0.4, -0.2) is 12.4 Å². The Bertz CT molecular complexity index is 969. The van der Waals surface area contributed by atoms with Crippen LogP contribution in [0.3, 0.4) is 0 Å². The summed E-state index contributed by atoms with van der Waals surface area (Å²) in [5, 5.41) is 0. The number of hydrogen-bond acceptors (Lipinski definition) is 2. The maximum atomic E-state index is 12.9. The quantitative estimate of drug-likeness (QED) is 0.251. The zero-order chi connectivity index (χ0) is 20.5. The Morgan fingerprint density at radius 2 is 1.48 bits per heavy atom. The van der Waals surface area contributed by atoms with Crippen LogP contribution >= 0.6 is 0 Å². The normalized spacial score (nSPS) is 10.9. The fourth-order valence-electron chi connectivity index (χ4n) is 2.81. The van der Waals surface area contributed by atoms with Crippen LogP contribution in [0.4, 0.5) is 4.39 Å². The van der Waals surface area contributed by atoms with Gasteiger partial charge < -0.3 is 4.74 Å². The standard InChI is InChI=1S/C26H23FO2/c1-2-20-3-9-23(10-4-20)19-29-18-17-22-7-5-21(6-8-22)11-16-26(28)24-12-14-25(27)15-13-24/h2-16H,1,17-19H2. The van der Waals surface area contributed by atoms with Gasteiger partial charge in [-0.1, -0.05) is 67.3 Å². The van der Waals surface area contributed by atoms with Crippen LogP contribution in [0.25, 0.3) is 12.2 Å². The van der Waals surface area contributed by atoms with E-state index in [1.54, 1.807) is 6.08 Å². The summed E-state index contributed by atoms with van der Waals surface area (Å²) in [4.78, 5) is 12.1. The van der Waals surface area contributed by atoms with E-state index in [-0.39, 0.29) is 11.6 Å². The molecule has 0 saturated carbocycles. The number of hydrogen-bond donors (Lipinski definition) is 0. The van der Waals surface area contributed by atoms with Crippen molar-refractivity contribution in [2.24, 2.45) is 0 Å². The highest BCUT2D eigenvalue weighted by Gasteiger charge is 2.02. The zero-order valence-corrected chi connectivity index (χ0v) is 16.2. The molecule has 29 heavy (non-hydrogen) atoms. The lowest BCUT2D eigenvalue weighted by molar-refractivity contribution is 0.104. The SMILES string of the molecule is C=Cc1ccc(COCCc2ccc(C=CC(=O)c3ccc(F)cc3)cc2)cc1. The van der Waals surface area contributed by atoms with Gasteiger partial charge in [0.1, 0.15) is 5.82 Å². The molecule has 3 aromatic rings. The molecule has 0 aliphatic heterocycles. The van der Waals surface area contributed by atoms with Crippen LogP contribution in [0.1, 0.15) is 32.6 Å². The van der Waals surface area contributed by atoms with E-state index in [4.69, 9.17) is 4.74 Å². The number of halogens is 1. The molecule has 0 radical (unpaired) electrons. The monoisotopic (exact) mass is 386 g/mol. The van der Waals surface area contributed by atoms with E-state index >= 15 is 0 Å². The summed E-state index contributed by atoms with van der Waals surface area (Å²) < 4.78 is 18.7. The third-order valence-electron chi connectivity index (χ3n) is 4.55. The summed E-state index contributed by atoms with van der Waals surface area (Å²) in [7, 11) is 0. The summed E-state index contributed by atoms with van der Waals surface area (Å²) in [6, 6.07) is 21.7. The van der Waals surface area contributed by atoms with Gasteiger partial charge in [-0.15, -0.1) is 0 Å². The van der Waals surface area contributed by atoms with Crippen LogP contribution < -0.4 is 0 Å². The van der Waals surface area contributed by atoms with E-state index in [1.807, 2.05) is 54.6 Å². The van der Waals surface area contributed by atoms with E-state index in [9.17, 15) is 9.18 Å². The molecule has 2 nitrogen and oxygen atoms in total. The molecule has 3 aromatic carbocycles. The fraction of sp³-hybridized carbons (Fsp3) is 0.115. The highest BCUT2D eigenvalue weighted by atomic mass is 19.1. The van der Waals surface area contributed by atoms with Gasteiger partial charge in [0.25, 0.3) is 0 Å². The fourth-order valence-corrected chi connectivity index (χ4v) is 2.81. The predicted molar refractivity (Wildman–Crippen MR) is 116 cm³/mol. The molecule has 0 amide bonds. The van der Waals surface area contributed by atoms with Gasteiger partial charge in [0.15, 0.2) is 5.78 Å². The summed E-state index contributed by atoms with van der Waals surface area (Å²) in [5.74, 6) is -0.501. The molecule has 0 heterocycles. The number of allylic oxidation sites excluding steroid dienone is 1. The maximum absolute atomic E-state index is 12.9. The van der Waals surface area contributed by atoms with E-state index in [2.05, 4.69) is 6.58 Å². The molecule has 3 heteroatoms. The average molecular weight is 386 g/mol. The third kappa shape index (κ3) is 6.37. The minimum Gasteiger partial charge on any atom is -0.376 e. The van der Waals surface area contributed by atoms with Crippen molar-refractivity contribution < 1.29 is 13.9 Å². The van der Waals surface area contributed by atoms with Crippen molar-refractivity contribution >= 4 is 17.9 Å². The summed E-state index contributed by atoms with van der Waals surface area (Å²) in [6.07, 6.45) is 5.91. The summed E-state index contributed by atoms with van der Waals surface area (Å²) in [5.41, 5.74) is 4.82. The lowest BCUT2D eigenvalue weighted by Gasteiger charge is -2.06. The maximum Gasteiger partial charge on any atom is 0.185 e. The van der Waals surface area contributed by atoms with Crippen LogP contribution in [0.5, 0.6) is 0 Å². The van der Waals surface area contributed by atoms with Gasteiger partial charge in [-0.25, -0.2) is 4.39 Å². The largest absolute Gasteiger partial charge is 0.376 e. The first-order valence-corrected chi connectivity index (χ1v) is 9.50. The lowest BCUT2D eigenvalue weighted by Crippen LogP contribution is -1.99. The van der Waals surface area contributed by atoms with E-state index in [0.717, 1.165) is 23.1 Å². The molecule has 146 valence electrons. The molecule has 3 rings (SSSR count). The Morgan fingerprint density at radius 1 is 0.862 bits per heavy atom. The zero-order valence-electron chi connectivity index (χ0n) is 16.2.